The number of rotatable bonds is 6. The molecule has 0 aliphatic heterocycles. The fourth-order valence-corrected chi connectivity index (χ4v) is 3.34. The van der Waals surface area contributed by atoms with Gasteiger partial charge in [-0.2, -0.15) is 13.5 Å². The Morgan fingerprint density at radius 2 is 1.71 bits per heavy atom. The summed E-state index contributed by atoms with van der Waals surface area (Å²) >= 11 is 0. The van der Waals surface area contributed by atoms with E-state index in [0.29, 0.717) is 28.8 Å². The number of carbonyl (C=O) groups is 1. The maximum Gasteiger partial charge on any atom is 0.283 e. The first-order valence-corrected chi connectivity index (χ1v) is 9.62. The standard InChI is InChI=1S/C19H17FN4O3S/c1-23(2)13-21-28(26,27)18-9-7-17(8-10-18)24-11-15(12-25)19(22-24)14-3-5-16(20)6-4-14/h3-13H,1-2H3/b21-13+. The van der Waals surface area contributed by atoms with Crippen molar-refractivity contribution in [2.75, 3.05) is 14.1 Å². The van der Waals surface area contributed by atoms with Gasteiger partial charge in [0.1, 0.15) is 17.8 Å². The SMILES string of the molecule is CN(C)/C=N/S(=O)(=O)c1ccc(-n2cc(C=O)c(-c3ccc(F)cc3)n2)cc1. The van der Waals surface area contributed by atoms with Crippen LogP contribution in [0.3, 0.4) is 0 Å². The number of aldehydes is 1. The number of nitrogens with zero attached hydrogens (tertiary/aromatic N) is 4. The third-order valence-corrected chi connectivity index (χ3v) is 5.04. The van der Waals surface area contributed by atoms with Crippen molar-refractivity contribution in [1.82, 2.24) is 14.7 Å². The van der Waals surface area contributed by atoms with Gasteiger partial charge < -0.3 is 4.90 Å². The van der Waals surface area contributed by atoms with Crippen LogP contribution >= 0.6 is 0 Å². The van der Waals surface area contributed by atoms with Crippen molar-refractivity contribution in [3.05, 3.63) is 66.1 Å². The van der Waals surface area contributed by atoms with E-state index < -0.39 is 10.0 Å². The Balaban J connectivity index is 1.94. The van der Waals surface area contributed by atoms with Gasteiger partial charge in [0.05, 0.1) is 16.1 Å². The summed E-state index contributed by atoms with van der Waals surface area (Å²) in [6, 6.07) is 11.6. The molecule has 1 heterocycles. The quantitative estimate of drug-likeness (QED) is 0.361. The first kappa shape index (κ1) is 19.4. The van der Waals surface area contributed by atoms with Crippen LogP contribution in [-0.2, 0) is 10.0 Å². The number of halogens is 1. The number of hydrogen-bond donors (Lipinski definition) is 0. The van der Waals surface area contributed by atoms with Gasteiger partial charge in [-0.1, -0.05) is 0 Å². The number of benzene rings is 2. The molecule has 3 rings (SSSR count). The van der Waals surface area contributed by atoms with Gasteiger partial charge in [0.25, 0.3) is 10.0 Å². The highest BCUT2D eigenvalue weighted by molar-refractivity contribution is 7.90. The van der Waals surface area contributed by atoms with E-state index in [2.05, 4.69) is 9.50 Å². The molecule has 0 unspecified atom stereocenters. The number of carbonyl (C=O) groups excluding carboxylic acids is 1. The first-order chi connectivity index (χ1) is 13.3. The molecule has 144 valence electrons. The van der Waals surface area contributed by atoms with Gasteiger partial charge >= 0.3 is 0 Å². The molecule has 0 radical (unpaired) electrons. The van der Waals surface area contributed by atoms with Crippen LogP contribution in [0, 0.1) is 5.82 Å². The minimum atomic E-state index is -3.80. The predicted molar refractivity (Wildman–Crippen MR) is 104 cm³/mol. The summed E-state index contributed by atoms with van der Waals surface area (Å²) in [5, 5.41) is 4.38. The Morgan fingerprint density at radius 3 is 2.29 bits per heavy atom. The molecule has 0 N–H and O–H groups in total. The summed E-state index contributed by atoms with van der Waals surface area (Å²) in [5.74, 6) is -0.385. The summed E-state index contributed by atoms with van der Waals surface area (Å²) in [7, 11) is -0.463. The fraction of sp³-hybridized carbons (Fsp3) is 0.105. The Kier molecular flexibility index (Phi) is 5.36. The monoisotopic (exact) mass is 400 g/mol. The molecule has 9 heteroatoms. The molecule has 0 fully saturated rings. The topological polar surface area (TPSA) is 84.6 Å². The molecule has 0 spiro atoms. The fourth-order valence-electron chi connectivity index (χ4n) is 2.43. The lowest BCUT2D eigenvalue weighted by Crippen LogP contribution is -2.10. The average molecular weight is 400 g/mol. The summed E-state index contributed by atoms with van der Waals surface area (Å²) in [6.07, 6.45) is 3.40. The molecular weight excluding hydrogens is 383 g/mol. The molecule has 2 aromatic carbocycles. The van der Waals surface area contributed by atoms with Crippen molar-refractivity contribution in [3.8, 4) is 16.9 Å². The first-order valence-electron chi connectivity index (χ1n) is 8.18. The molecule has 0 aliphatic carbocycles. The Hall–Kier alpha value is -3.33. The maximum atomic E-state index is 13.1. The lowest BCUT2D eigenvalue weighted by molar-refractivity contribution is 0.112. The molecule has 7 nitrogen and oxygen atoms in total. The van der Waals surface area contributed by atoms with Gasteiger partial charge in [-0.25, -0.2) is 9.07 Å². The smallest absolute Gasteiger partial charge is 0.283 e. The van der Waals surface area contributed by atoms with Gasteiger partial charge in [0, 0.05) is 25.9 Å². The van der Waals surface area contributed by atoms with Crippen molar-refractivity contribution in [2.45, 2.75) is 4.90 Å². The molecule has 0 saturated carbocycles. The summed E-state index contributed by atoms with van der Waals surface area (Å²) < 4.78 is 42.5. The predicted octanol–water partition coefficient (Wildman–Crippen LogP) is 2.77. The van der Waals surface area contributed by atoms with E-state index in [0.717, 1.165) is 0 Å². The van der Waals surface area contributed by atoms with Crippen molar-refractivity contribution in [2.24, 2.45) is 4.40 Å². The summed E-state index contributed by atoms with van der Waals surface area (Å²) in [5.41, 5.74) is 1.90. The van der Waals surface area contributed by atoms with Crippen molar-refractivity contribution in [3.63, 3.8) is 0 Å². The average Bonchev–Trinajstić information content (AvgIpc) is 3.11. The minimum Gasteiger partial charge on any atom is -0.368 e. The molecular formula is C19H17FN4O3S. The van der Waals surface area contributed by atoms with Gasteiger partial charge in [0.2, 0.25) is 0 Å². The van der Waals surface area contributed by atoms with Crippen LogP contribution < -0.4 is 0 Å². The van der Waals surface area contributed by atoms with Crippen LogP contribution in [-0.4, -0.2) is 49.8 Å². The zero-order chi connectivity index (χ0) is 20.3. The highest BCUT2D eigenvalue weighted by Gasteiger charge is 2.14. The van der Waals surface area contributed by atoms with Gasteiger partial charge in [-0.05, 0) is 48.5 Å². The summed E-state index contributed by atoms with van der Waals surface area (Å²) in [4.78, 5) is 13.0. The maximum absolute atomic E-state index is 13.1. The van der Waals surface area contributed by atoms with E-state index in [1.54, 1.807) is 26.2 Å². The van der Waals surface area contributed by atoms with E-state index in [9.17, 15) is 17.6 Å². The molecule has 0 amide bonds. The van der Waals surface area contributed by atoms with Crippen LogP contribution in [0.1, 0.15) is 10.4 Å². The Morgan fingerprint density at radius 1 is 1.07 bits per heavy atom. The highest BCUT2D eigenvalue weighted by atomic mass is 32.2. The zero-order valence-electron chi connectivity index (χ0n) is 15.2. The zero-order valence-corrected chi connectivity index (χ0v) is 16.0. The van der Waals surface area contributed by atoms with Gasteiger partial charge in [-0.15, -0.1) is 4.40 Å². The second-order valence-electron chi connectivity index (χ2n) is 6.16. The lowest BCUT2D eigenvalue weighted by atomic mass is 10.1. The molecule has 0 atom stereocenters. The lowest BCUT2D eigenvalue weighted by Gasteiger charge is -2.05. The largest absolute Gasteiger partial charge is 0.368 e. The molecule has 3 aromatic rings. The number of sulfonamides is 1. The van der Waals surface area contributed by atoms with Crippen LogP contribution in [0.5, 0.6) is 0 Å². The minimum absolute atomic E-state index is 0.0378. The molecule has 1 aromatic heterocycles. The molecule has 28 heavy (non-hydrogen) atoms. The second-order valence-corrected chi connectivity index (χ2v) is 7.79. The van der Waals surface area contributed by atoms with Crippen LogP contribution in [0.2, 0.25) is 0 Å². The highest BCUT2D eigenvalue weighted by Crippen LogP contribution is 2.23. The molecule has 0 saturated heterocycles. The van der Waals surface area contributed by atoms with E-state index in [-0.39, 0.29) is 10.7 Å². The van der Waals surface area contributed by atoms with E-state index in [1.807, 2.05) is 0 Å². The molecule has 0 bridgehead atoms. The second kappa shape index (κ2) is 7.73. The molecule has 0 aliphatic rings. The summed E-state index contributed by atoms with van der Waals surface area (Å²) in [6.45, 7) is 0. The van der Waals surface area contributed by atoms with E-state index >= 15 is 0 Å². The Bertz CT molecular complexity index is 1120. The van der Waals surface area contributed by atoms with Crippen LogP contribution in [0.25, 0.3) is 16.9 Å². The van der Waals surface area contributed by atoms with E-state index in [4.69, 9.17) is 0 Å². The third-order valence-electron chi connectivity index (χ3n) is 3.80. The van der Waals surface area contributed by atoms with E-state index in [1.165, 1.54) is 58.5 Å². The van der Waals surface area contributed by atoms with Gasteiger partial charge in [0.15, 0.2) is 6.29 Å². The van der Waals surface area contributed by atoms with Crippen LogP contribution in [0.15, 0.2) is 64.0 Å². The number of hydrogen-bond acceptors (Lipinski definition) is 4. The third kappa shape index (κ3) is 4.15. The number of aromatic nitrogens is 2. The van der Waals surface area contributed by atoms with Crippen molar-refractivity contribution in [1.29, 1.82) is 0 Å². The normalized spacial score (nSPS) is 11.7. The van der Waals surface area contributed by atoms with Crippen LogP contribution in [0.4, 0.5) is 4.39 Å². The van der Waals surface area contributed by atoms with Crippen molar-refractivity contribution >= 4 is 22.6 Å². The van der Waals surface area contributed by atoms with Crippen molar-refractivity contribution < 1.29 is 17.6 Å². The van der Waals surface area contributed by atoms with Gasteiger partial charge in [-0.3, -0.25) is 4.79 Å². The Labute approximate surface area is 161 Å².